The number of benzene rings is 1. The zero-order chi connectivity index (χ0) is 21.0. The SMILES string of the molecule is CC(C)(C)n1nc(CCc2cc(NC(=O)O)ccc2Cl)cc1Nc1cnccn1. The lowest BCUT2D eigenvalue weighted by Gasteiger charge is -2.22. The highest BCUT2D eigenvalue weighted by atomic mass is 35.5. The van der Waals surface area contributed by atoms with Gasteiger partial charge in [-0.3, -0.25) is 10.3 Å². The molecule has 0 aliphatic carbocycles. The van der Waals surface area contributed by atoms with Gasteiger partial charge in [0.05, 0.1) is 17.4 Å². The number of nitrogens with one attached hydrogen (secondary N) is 2. The van der Waals surface area contributed by atoms with Crippen LogP contribution in [0.2, 0.25) is 5.02 Å². The fraction of sp³-hybridized carbons (Fsp3) is 0.300. The van der Waals surface area contributed by atoms with Crippen LogP contribution in [0.5, 0.6) is 0 Å². The Bertz CT molecular complexity index is 998. The summed E-state index contributed by atoms with van der Waals surface area (Å²) in [6, 6.07) is 7.05. The van der Waals surface area contributed by atoms with E-state index in [1.54, 1.807) is 36.8 Å². The summed E-state index contributed by atoms with van der Waals surface area (Å²) in [5, 5.41) is 19.8. The molecule has 0 spiro atoms. The quantitative estimate of drug-likeness (QED) is 0.540. The lowest BCUT2D eigenvalue weighted by atomic mass is 10.1. The molecule has 0 fully saturated rings. The number of rotatable bonds is 6. The highest BCUT2D eigenvalue weighted by Crippen LogP contribution is 2.26. The molecule has 8 nitrogen and oxygen atoms in total. The van der Waals surface area contributed by atoms with E-state index in [9.17, 15) is 4.79 Å². The Kier molecular flexibility index (Phi) is 6.03. The van der Waals surface area contributed by atoms with Crippen molar-refractivity contribution in [2.24, 2.45) is 0 Å². The highest BCUT2D eigenvalue weighted by molar-refractivity contribution is 6.31. The molecule has 29 heavy (non-hydrogen) atoms. The number of hydrogen-bond acceptors (Lipinski definition) is 5. The van der Waals surface area contributed by atoms with Crippen LogP contribution in [0.4, 0.5) is 22.1 Å². The Morgan fingerprint density at radius 1 is 1.21 bits per heavy atom. The first-order chi connectivity index (χ1) is 13.7. The van der Waals surface area contributed by atoms with Gasteiger partial charge in [0.2, 0.25) is 0 Å². The lowest BCUT2D eigenvalue weighted by Crippen LogP contribution is -2.24. The molecule has 0 radical (unpaired) electrons. The minimum atomic E-state index is -1.11. The Hall–Kier alpha value is -3.13. The molecule has 0 aliphatic heterocycles. The molecule has 0 bridgehead atoms. The van der Waals surface area contributed by atoms with Crippen LogP contribution in [0.25, 0.3) is 0 Å². The van der Waals surface area contributed by atoms with Crippen LogP contribution in [0.1, 0.15) is 32.0 Å². The molecule has 152 valence electrons. The van der Waals surface area contributed by atoms with Gasteiger partial charge in [0.25, 0.3) is 0 Å². The number of carbonyl (C=O) groups is 1. The van der Waals surface area contributed by atoms with E-state index in [1.807, 2.05) is 10.7 Å². The maximum Gasteiger partial charge on any atom is 0.409 e. The van der Waals surface area contributed by atoms with Crippen LogP contribution in [0.15, 0.2) is 42.9 Å². The summed E-state index contributed by atoms with van der Waals surface area (Å²) in [6.07, 6.45) is 5.06. The van der Waals surface area contributed by atoms with Crippen LogP contribution in [-0.2, 0) is 18.4 Å². The maximum absolute atomic E-state index is 10.9. The van der Waals surface area contributed by atoms with Crippen LogP contribution >= 0.6 is 11.6 Å². The van der Waals surface area contributed by atoms with Gasteiger partial charge < -0.3 is 10.4 Å². The van der Waals surface area contributed by atoms with Crippen LogP contribution in [0, 0.1) is 0 Å². The van der Waals surface area contributed by atoms with Gasteiger partial charge in [-0.05, 0) is 57.4 Å². The normalized spacial score (nSPS) is 11.3. The Balaban J connectivity index is 1.80. The monoisotopic (exact) mass is 414 g/mol. The molecule has 1 aromatic carbocycles. The van der Waals surface area contributed by atoms with Gasteiger partial charge in [-0.25, -0.2) is 14.5 Å². The van der Waals surface area contributed by atoms with Crippen molar-refractivity contribution < 1.29 is 9.90 Å². The molecule has 9 heteroatoms. The summed E-state index contributed by atoms with van der Waals surface area (Å²) in [5.41, 5.74) is 2.00. The van der Waals surface area contributed by atoms with Crippen molar-refractivity contribution in [3.8, 4) is 0 Å². The molecule has 2 aromatic heterocycles. The number of nitrogens with zero attached hydrogens (tertiary/aromatic N) is 4. The smallest absolute Gasteiger partial charge is 0.409 e. The molecule has 2 heterocycles. The Labute approximate surface area is 174 Å². The largest absolute Gasteiger partial charge is 0.465 e. The number of amides is 1. The van der Waals surface area contributed by atoms with Gasteiger partial charge in [0.1, 0.15) is 11.6 Å². The number of carboxylic acid groups (broad SMARTS) is 1. The molecule has 3 rings (SSSR count). The Morgan fingerprint density at radius 3 is 2.66 bits per heavy atom. The molecular weight excluding hydrogens is 392 g/mol. The van der Waals surface area contributed by atoms with Gasteiger partial charge in [-0.2, -0.15) is 5.10 Å². The van der Waals surface area contributed by atoms with Crippen molar-refractivity contribution in [2.75, 3.05) is 10.6 Å². The van der Waals surface area contributed by atoms with E-state index in [2.05, 4.69) is 41.4 Å². The molecule has 0 aliphatic rings. The number of aromatic nitrogens is 4. The molecule has 0 atom stereocenters. The zero-order valence-corrected chi connectivity index (χ0v) is 17.2. The van der Waals surface area contributed by atoms with Crippen molar-refractivity contribution in [1.82, 2.24) is 19.7 Å². The van der Waals surface area contributed by atoms with Gasteiger partial charge in [-0.15, -0.1) is 0 Å². The van der Waals surface area contributed by atoms with E-state index in [-0.39, 0.29) is 5.54 Å². The maximum atomic E-state index is 10.9. The topological polar surface area (TPSA) is 105 Å². The first-order valence-corrected chi connectivity index (χ1v) is 9.51. The summed E-state index contributed by atoms with van der Waals surface area (Å²) >= 11 is 6.29. The summed E-state index contributed by atoms with van der Waals surface area (Å²) in [7, 11) is 0. The van der Waals surface area contributed by atoms with E-state index in [1.165, 1.54) is 0 Å². The van der Waals surface area contributed by atoms with Gasteiger partial charge in [-0.1, -0.05) is 11.6 Å². The van der Waals surface area contributed by atoms with Crippen molar-refractivity contribution in [3.05, 3.63) is 59.1 Å². The second kappa shape index (κ2) is 8.48. The molecule has 3 N–H and O–H groups in total. The van der Waals surface area contributed by atoms with Crippen LogP contribution in [0.3, 0.4) is 0 Å². The summed E-state index contributed by atoms with van der Waals surface area (Å²) in [5.74, 6) is 1.46. The van der Waals surface area contributed by atoms with Crippen molar-refractivity contribution in [2.45, 2.75) is 39.2 Å². The van der Waals surface area contributed by atoms with E-state index < -0.39 is 6.09 Å². The van der Waals surface area contributed by atoms with Gasteiger partial charge >= 0.3 is 6.09 Å². The number of anilines is 3. The third kappa shape index (κ3) is 5.45. The van der Waals surface area contributed by atoms with Gasteiger partial charge in [0, 0.05) is 29.2 Å². The van der Waals surface area contributed by atoms with Crippen molar-refractivity contribution >= 4 is 35.0 Å². The second-order valence-corrected chi connectivity index (χ2v) is 7.96. The van der Waals surface area contributed by atoms with Gasteiger partial charge in [0.15, 0.2) is 0 Å². The highest BCUT2D eigenvalue weighted by Gasteiger charge is 2.20. The third-order valence-corrected chi connectivity index (χ3v) is 4.53. The first-order valence-electron chi connectivity index (χ1n) is 9.13. The molecule has 0 saturated carbocycles. The Morgan fingerprint density at radius 2 is 2.00 bits per heavy atom. The first kappa shape index (κ1) is 20.6. The molecule has 3 aromatic rings. The van der Waals surface area contributed by atoms with Crippen LogP contribution in [-0.4, -0.2) is 30.9 Å². The third-order valence-electron chi connectivity index (χ3n) is 4.16. The van der Waals surface area contributed by atoms with E-state index in [0.717, 1.165) is 17.1 Å². The number of halogens is 1. The fourth-order valence-electron chi connectivity index (χ4n) is 2.88. The second-order valence-electron chi connectivity index (χ2n) is 7.56. The molecular formula is C20H23ClN6O2. The summed E-state index contributed by atoms with van der Waals surface area (Å²) in [4.78, 5) is 19.2. The molecule has 1 amide bonds. The van der Waals surface area contributed by atoms with E-state index >= 15 is 0 Å². The number of hydrogen-bond donors (Lipinski definition) is 3. The lowest BCUT2D eigenvalue weighted by molar-refractivity contribution is 0.209. The summed E-state index contributed by atoms with van der Waals surface area (Å²) < 4.78 is 1.92. The summed E-state index contributed by atoms with van der Waals surface area (Å²) in [6.45, 7) is 6.22. The predicted molar refractivity (Wildman–Crippen MR) is 113 cm³/mol. The van der Waals surface area contributed by atoms with Crippen molar-refractivity contribution in [3.63, 3.8) is 0 Å². The number of aryl methyl sites for hydroxylation is 2. The van der Waals surface area contributed by atoms with E-state index in [0.29, 0.717) is 29.4 Å². The average molecular weight is 415 g/mol. The van der Waals surface area contributed by atoms with Crippen LogP contribution < -0.4 is 10.6 Å². The zero-order valence-electron chi connectivity index (χ0n) is 16.5. The fourth-order valence-corrected chi connectivity index (χ4v) is 3.09. The minimum Gasteiger partial charge on any atom is -0.465 e. The molecule has 0 unspecified atom stereocenters. The van der Waals surface area contributed by atoms with Crippen molar-refractivity contribution in [1.29, 1.82) is 0 Å². The minimum absolute atomic E-state index is 0.230. The predicted octanol–water partition coefficient (Wildman–Crippen LogP) is 4.70. The average Bonchev–Trinajstić information content (AvgIpc) is 3.06. The van der Waals surface area contributed by atoms with E-state index in [4.69, 9.17) is 21.8 Å². The molecule has 0 saturated heterocycles. The standard InChI is InChI=1S/C20H23ClN6O2/c1-20(2,3)27-18(25-17-12-22-8-9-23-17)11-15(26-27)5-4-13-10-14(24-19(28)29)6-7-16(13)21/h6-12,24H,4-5H2,1-3H3,(H,23,25)(H,28,29).